The van der Waals surface area contributed by atoms with E-state index in [1.54, 1.807) is 6.92 Å². The van der Waals surface area contributed by atoms with Gasteiger partial charge in [-0.15, -0.1) is 13.2 Å². The van der Waals surface area contributed by atoms with Crippen molar-refractivity contribution in [1.82, 2.24) is 9.97 Å². The number of halogens is 5. The molecule has 0 radical (unpaired) electrons. The molecule has 0 spiro atoms. The van der Waals surface area contributed by atoms with Gasteiger partial charge in [0, 0.05) is 23.1 Å². The van der Waals surface area contributed by atoms with Crippen molar-refractivity contribution in [2.75, 3.05) is 12.3 Å². The van der Waals surface area contributed by atoms with Gasteiger partial charge in [-0.1, -0.05) is 22.9 Å². The largest absolute Gasteiger partial charge is 0.573 e. The third kappa shape index (κ3) is 5.82. The quantitative estimate of drug-likeness (QED) is 0.166. The number of amides is 1. The normalized spacial score (nSPS) is 17.8. The standard InChI is InChI=1S/C28H23ClF4N4O5S/c1-26(24(34)39)11-41-23-14(26)10-20(36-21(23)12-3-4-16(30)15(29)7-12)27(2,40)6-5-17(38)13-8-18(42-28(31,32)33)22-19(9-13)43-25(35)37-22/h3-4,7-10,40H,5-6,11H2,1-2H3,(H2,34,39)(H2,35,37)/t26-,27-/m0/s1. The van der Waals surface area contributed by atoms with Gasteiger partial charge in [0.1, 0.15) is 40.4 Å². The summed E-state index contributed by atoms with van der Waals surface area (Å²) in [6.07, 6.45) is -5.59. The van der Waals surface area contributed by atoms with Gasteiger partial charge < -0.3 is 26.0 Å². The number of carbonyl (C=O) groups is 2. The summed E-state index contributed by atoms with van der Waals surface area (Å²) in [7, 11) is 0. The van der Waals surface area contributed by atoms with Gasteiger partial charge in [0.2, 0.25) is 5.91 Å². The lowest BCUT2D eigenvalue weighted by atomic mass is 9.81. The number of carbonyl (C=O) groups excluding carboxylic acids is 2. The van der Waals surface area contributed by atoms with Crippen LogP contribution in [0.3, 0.4) is 0 Å². The van der Waals surface area contributed by atoms with E-state index in [0.29, 0.717) is 11.1 Å². The highest BCUT2D eigenvalue weighted by atomic mass is 35.5. The number of aliphatic hydroxyl groups is 1. The smallest absolute Gasteiger partial charge is 0.489 e. The number of fused-ring (bicyclic) bond motifs is 2. The van der Waals surface area contributed by atoms with Gasteiger partial charge in [-0.25, -0.2) is 14.4 Å². The lowest BCUT2D eigenvalue weighted by Gasteiger charge is -2.26. The average Bonchev–Trinajstić information content (AvgIpc) is 3.47. The number of nitrogens with zero attached hydrogens (tertiary/aromatic N) is 2. The zero-order valence-electron chi connectivity index (χ0n) is 22.5. The number of benzene rings is 2. The summed E-state index contributed by atoms with van der Waals surface area (Å²) in [4.78, 5) is 34.0. The summed E-state index contributed by atoms with van der Waals surface area (Å²) in [5.41, 5.74) is 8.87. The third-order valence-electron chi connectivity index (χ3n) is 7.22. The number of ether oxygens (including phenoxy) is 2. The molecule has 0 saturated carbocycles. The van der Waals surface area contributed by atoms with Gasteiger partial charge in [-0.3, -0.25) is 9.59 Å². The zero-order chi connectivity index (χ0) is 31.5. The predicted molar refractivity (Wildman–Crippen MR) is 151 cm³/mol. The Balaban J connectivity index is 1.50. The molecule has 1 amide bonds. The van der Waals surface area contributed by atoms with Gasteiger partial charge in [0.15, 0.2) is 16.7 Å². The number of thiazole rings is 1. The summed E-state index contributed by atoms with van der Waals surface area (Å²) in [6.45, 7) is 2.84. The molecule has 15 heteroatoms. The number of hydrogen-bond donors (Lipinski definition) is 3. The Hall–Kier alpha value is -4.01. The number of nitrogens with two attached hydrogens (primary N) is 2. The van der Waals surface area contributed by atoms with Crippen molar-refractivity contribution < 1.29 is 41.7 Å². The average molecular weight is 639 g/mol. The number of alkyl halides is 3. The molecule has 226 valence electrons. The van der Waals surface area contributed by atoms with Crippen LogP contribution in [0.5, 0.6) is 11.5 Å². The highest BCUT2D eigenvalue weighted by molar-refractivity contribution is 7.22. The minimum Gasteiger partial charge on any atom is -0.489 e. The number of anilines is 1. The van der Waals surface area contributed by atoms with Gasteiger partial charge in [0.25, 0.3) is 0 Å². The summed E-state index contributed by atoms with van der Waals surface area (Å²) < 4.78 is 63.1. The van der Waals surface area contributed by atoms with Crippen molar-refractivity contribution in [3.63, 3.8) is 0 Å². The van der Waals surface area contributed by atoms with Crippen molar-refractivity contribution in [2.24, 2.45) is 5.73 Å². The summed E-state index contributed by atoms with van der Waals surface area (Å²) >= 11 is 6.88. The predicted octanol–water partition coefficient (Wildman–Crippen LogP) is 5.64. The summed E-state index contributed by atoms with van der Waals surface area (Å²) in [5.74, 6) is -2.44. The molecule has 1 aliphatic heterocycles. The molecule has 5 N–H and O–H groups in total. The fourth-order valence-electron chi connectivity index (χ4n) is 4.71. The molecule has 2 aromatic carbocycles. The maximum Gasteiger partial charge on any atom is 0.573 e. The van der Waals surface area contributed by atoms with Crippen molar-refractivity contribution in [3.8, 4) is 22.8 Å². The van der Waals surface area contributed by atoms with Crippen LogP contribution in [0.15, 0.2) is 36.4 Å². The first kappa shape index (κ1) is 30.4. The Kier molecular flexibility index (Phi) is 7.51. The Labute approximate surface area is 250 Å². The maximum atomic E-state index is 13.9. The number of nitrogen functional groups attached to an aromatic ring is 1. The molecular weight excluding hydrogens is 616 g/mol. The molecule has 1 aliphatic rings. The Morgan fingerprint density at radius 2 is 1.93 bits per heavy atom. The van der Waals surface area contributed by atoms with E-state index in [9.17, 15) is 32.3 Å². The minimum atomic E-state index is -5.04. The van der Waals surface area contributed by atoms with Gasteiger partial charge >= 0.3 is 6.36 Å². The van der Waals surface area contributed by atoms with Crippen molar-refractivity contribution >= 4 is 50.0 Å². The van der Waals surface area contributed by atoms with E-state index in [-0.39, 0.29) is 62.5 Å². The molecule has 43 heavy (non-hydrogen) atoms. The first-order chi connectivity index (χ1) is 20.0. The van der Waals surface area contributed by atoms with Crippen LogP contribution in [0.25, 0.3) is 21.5 Å². The van der Waals surface area contributed by atoms with Crippen molar-refractivity contribution in [1.29, 1.82) is 0 Å². The van der Waals surface area contributed by atoms with Gasteiger partial charge in [-0.05, 0) is 56.7 Å². The van der Waals surface area contributed by atoms with E-state index >= 15 is 0 Å². The molecular formula is C28H23ClF4N4O5S. The van der Waals surface area contributed by atoms with Crippen LogP contribution in [0.4, 0.5) is 22.7 Å². The van der Waals surface area contributed by atoms with Crippen LogP contribution in [0, 0.1) is 5.82 Å². The number of hydrogen-bond acceptors (Lipinski definition) is 9. The second kappa shape index (κ2) is 10.6. The molecule has 2 aromatic heterocycles. The van der Waals surface area contributed by atoms with E-state index in [1.165, 1.54) is 31.2 Å². The number of ketones is 1. The molecule has 0 bridgehead atoms. The Morgan fingerprint density at radius 3 is 2.58 bits per heavy atom. The molecule has 0 unspecified atom stereocenters. The molecule has 2 atom stereocenters. The SMILES string of the molecule is C[C@](O)(CCC(=O)c1cc(OC(F)(F)F)c2nc(N)sc2c1)c1cc2c(c(-c3ccc(F)c(Cl)c3)n1)OC[C@]2(C)C(N)=O. The molecule has 0 fully saturated rings. The first-order valence-corrected chi connectivity index (χ1v) is 13.8. The summed E-state index contributed by atoms with van der Waals surface area (Å²) in [6, 6.07) is 7.57. The summed E-state index contributed by atoms with van der Waals surface area (Å²) in [5, 5.41) is 11.3. The molecule has 5 rings (SSSR count). The van der Waals surface area contributed by atoms with Crippen molar-refractivity contribution in [2.45, 2.75) is 44.1 Å². The van der Waals surface area contributed by atoms with E-state index in [0.717, 1.165) is 23.5 Å². The van der Waals surface area contributed by atoms with Crippen molar-refractivity contribution in [3.05, 3.63) is 64.1 Å². The number of Topliss-reactive ketones (excluding diaryl/α,β-unsaturated/α-hetero) is 1. The number of pyridine rings is 1. The molecule has 3 heterocycles. The zero-order valence-corrected chi connectivity index (χ0v) is 24.1. The molecule has 9 nitrogen and oxygen atoms in total. The van der Waals surface area contributed by atoms with E-state index in [2.05, 4.69) is 14.7 Å². The van der Waals surface area contributed by atoms with Crippen LogP contribution in [0.2, 0.25) is 5.02 Å². The lowest BCUT2D eigenvalue weighted by Crippen LogP contribution is -2.40. The Morgan fingerprint density at radius 1 is 1.21 bits per heavy atom. The monoisotopic (exact) mass is 638 g/mol. The van der Waals surface area contributed by atoms with Crippen LogP contribution in [-0.2, 0) is 15.8 Å². The van der Waals surface area contributed by atoms with Crippen LogP contribution in [0.1, 0.15) is 48.3 Å². The molecule has 0 aliphatic carbocycles. The van der Waals surface area contributed by atoms with E-state index in [4.69, 9.17) is 27.8 Å². The number of primary amides is 1. The highest BCUT2D eigenvalue weighted by Gasteiger charge is 2.45. The first-order valence-electron chi connectivity index (χ1n) is 12.6. The third-order valence-corrected chi connectivity index (χ3v) is 8.35. The maximum absolute atomic E-state index is 13.9. The second-order valence-corrected chi connectivity index (χ2v) is 11.9. The number of rotatable bonds is 8. The van der Waals surface area contributed by atoms with Crippen LogP contribution >= 0.6 is 22.9 Å². The minimum absolute atomic E-state index is 0.0116. The molecule has 0 saturated heterocycles. The van der Waals surface area contributed by atoms with Crippen LogP contribution in [-0.4, -0.2) is 39.7 Å². The highest BCUT2D eigenvalue weighted by Crippen LogP contribution is 2.46. The van der Waals surface area contributed by atoms with Gasteiger partial charge in [-0.2, -0.15) is 0 Å². The fraction of sp³-hybridized carbons (Fsp3) is 0.286. The Bertz CT molecular complexity index is 1800. The topological polar surface area (TPSA) is 151 Å². The van der Waals surface area contributed by atoms with Crippen LogP contribution < -0.4 is 20.9 Å². The second-order valence-electron chi connectivity index (χ2n) is 10.5. The fourth-order valence-corrected chi connectivity index (χ4v) is 5.68. The van der Waals surface area contributed by atoms with E-state index < -0.39 is 40.6 Å². The van der Waals surface area contributed by atoms with Gasteiger partial charge in [0.05, 0.1) is 15.4 Å². The lowest BCUT2D eigenvalue weighted by molar-refractivity contribution is -0.274. The number of aromatic nitrogens is 2. The molecule has 4 aromatic rings. The van der Waals surface area contributed by atoms with E-state index in [1.807, 2.05) is 0 Å².